The molecule has 0 bridgehead atoms. The van der Waals surface area contributed by atoms with E-state index in [1.54, 1.807) is 0 Å². The van der Waals surface area contributed by atoms with E-state index in [1.807, 2.05) is 0 Å². The van der Waals surface area contributed by atoms with E-state index in [2.05, 4.69) is 11.8 Å². The predicted octanol–water partition coefficient (Wildman–Crippen LogP) is 1.70. The van der Waals surface area contributed by atoms with Crippen LogP contribution in [0.2, 0.25) is 0 Å². The zero-order valence-electron chi connectivity index (χ0n) is 11.8. The van der Waals surface area contributed by atoms with E-state index in [0.717, 1.165) is 37.8 Å². The highest BCUT2D eigenvalue weighted by Gasteiger charge is 2.27. The Bertz CT molecular complexity index is 654. The van der Waals surface area contributed by atoms with Gasteiger partial charge >= 0.3 is 0 Å². The Labute approximate surface area is 125 Å². The van der Waals surface area contributed by atoms with Crippen LogP contribution in [0.3, 0.4) is 0 Å². The molecule has 0 atom stereocenters. The second kappa shape index (κ2) is 7.03. The molecule has 1 aromatic rings. The molecular formula is C15H19FN2O2S. The first-order chi connectivity index (χ1) is 10.1. The summed E-state index contributed by atoms with van der Waals surface area (Å²) in [6, 6.07) is 3.59. The largest absolute Gasteiger partial charge is 0.320 e. The molecule has 2 rings (SSSR count). The maximum absolute atomic E-state index is 13.4. The van der Waals surface area contributed by atoms with Gasteiger partial charge in [-0.05, 0) is 31.0 Å². The predicted molar refractivity (Wildman–Crippen MR) is 79.6 cm³/mol. The van der Waals surface area contributed by atoms with Crippen molar-refractivity contribution in [2.45, 2.75) is 30.6 Å². The van der Waals surface area contributed by atoms with Crippen molar-refractivity contribution in [1.29, 1.82) is 0 Å². The van der Waals surface area contributed by atoms with E-state index in [1.165, 1.54) is 10.4 Å². The highest BCUT2D eigenvalue weighted by atomic mass is 32.2. The number of hydrogen-bond donors (Lipinski definition) is 1. The van der Waals surface area contributed by atoms with Crippen LogP contribution in [0.4, 0.5) is 4.39 Å². The molecule has 1 aliphatic heterocycles. The molecular weight excluding hydrogens is 291 g/mol. The Morgan fingerprint density at radius 1 is 1.19 bits per heavy atom. The first-order valence-electron chi connectivity index (χ1n) is 7.04. The van der Waals surface area contributed by atoms with Gasteiger partial charge < -0.3 is 5.73 Å². The summed E-state index contributed by atoms with van der Waals surface area (Å²) >= 11 is 0. The van der Waals surface area contributed by atoms with E-state index in [0.29, 0.717) is 13.1 Å². The number of hydrogen-bond acceptors (Lipinski definition) is 3. The van der Waals surface area contributed by atoms with E-state index in [9.17, 15) is 12.8 Å². The molecule has 1 saturated heterocycles. The average molecular weight is 310 g/mol. The summed E-state index contributed by atoms with van der Waals surface area (Å²) in [6.45, 7) is 1.10. The smallest absolute Gasteiger partial charge is 0.244 e. The molecule has 0 aromatic heterocycles. The van der Waals surface area contributed by atoms with Gasteiger partial charge in [0, 0.05) is 18.7 Å². The second-order valence-electron chi connectivity index (χ2n) is 4.96. The molecule has 21 heavy (non-hydrogen) atoms. The van der Waals surface area contributed by atoms with Crippen molar-refractivity contribution in [2.75, 3.05) is 19.6 Å². The van der Waals surface area contributed by atoms with Crippen LogP contribution in [-0.2, 0) is 10.0 Å². The van der Waals surface area contributed by atoms with Gasteiger partial charge in [-0.15, -0.1) is 0 Å². The minimum Gasteiger partial charge on any atom is -0.320 e. The first kappa shape index (κ1) is 16.0. The summed E-state index contributed by atoms with van der Waals surface area (Å²) in [5.41, 5.74) is 5.48. The normalized spacial score (nSPS) is 16.9. The van der Waals surface area contributed by atoms with Crippen LogP contribution >= 0.6 is 0 Å². The van der Waals surface area contributed by atoms with Crippen LogP contribution in [-0.4, -0.2) is 32.4 Å². The monoisotopic (exact) mass is 310 g/mol. The van der Waals surface area contributed by atoms with Crippen LogP contribution in [0.15, 0.2) is 23.1 Å². The number of sulfonamides is 1. The molecule has 6 heteroatoms. The van der Waals surface area contributed by atoms with Gasteiger partial charge in [-0.3, -0.25) is 0 Å². The fraction of sp³-hybridized carbons (Fsp3) is 0.467. The Hall–Kier alpha value is -1.42. The molecule has 114 valence electrons. The minimum atomic E-state index is -3.64. The fourth-order valence-corrected chi connectivity index (χ4v) is 4.04. The van der Waals surface area contributed by atoms with Gasteiger partial charge in [0.15, 0.2) is 0 Å². The standard InChI is InChI=1S/C15H19FN2O2S/c16-14-7-8-15(13(12-14)6-5-9-17)21(19,20)18-10-3-1-2-4-11-18/h7-8,12H,1-4,9-11,17H2. The van der Waals surface area contributed by atoms with Gasteiger partial charge in [0.05, 0.1) is 11.4 Å². The van der Waals surface area contributed by atoms with Crippen LogP contribution < -0.4 is 5.73 Å². The lowest BCUT2D eigenvalue weighted by molar-refractivity contribution is 0.423. The van der Waals surface area contributed by atoms with Crippen LogP contribution in [0.5, 0.6) is 0 Å². The van der Waals surface area contributed by atoms with Gasteiger partial charge in [-0.1, -0.05) is 24.7 Å². The highest BCUT2D eigenvalue weighted by molar-refractivity contribution is 7.89. The summed E-state index contributed by atoms with van der Waals surface area (Å²) in [7, 11) is -3.64. The number of rotatable bonds is 2. The fourth-order valence-electron chi connectivity index (χ4n) is 2.39. The van der Waals surface area contributed by atoms with Crippen LogP contribution in [0.25, 0.3) is 0 Å². The molecule has 4 nitrogen and oxygen atoms in total. The van der Waals surface area contributed by atoms with E-state index < -0.39 is 15.8 Å². The lowest BCUT2D eigenvalue weighted by atomic mass is 10.2. The van der Waals surface area contributed by atoms with E-state index >= 15 is 0 Å². The maximum Gasteiger partial charge on any atom is 0.244 e. The lowest BCUT2D eigenvalue weighted by Crippen LogP contribution is -2.32. The second-order valence-corrected chi connectivity index (χ2v) is 6.87. The van der Waals surface area contributed by atoms with Crippen molar-refractivity contribution in [2.24, 2.45) is 5.73 Å². The quantitative estimate of drug-likeness (QED) is 0.846. The van der Waals surface area contributed by atoms with Crippen molar-refractivity contribution in [1.82, 2.24) is 4.31 Å². The summed E-state index contributed by atoms with van der Waals surface area (Å²) in [4.78, 5) is 0.0618. The summed E-state index contributed by atoms with van der Waals surface area (Å²) in [5, 5.41) is 0. The molecule has 2 N–H and O–H groups in total. The summed E-state index contributed by atoms with van der Waals surface area (Å²) in [6.07, 6.45) is 3.78. The molecule has 1 aromatic carbocycles. The van der Waals surface area contributed by atoms with Gasteiger partial charge in [0.25, 0.3) is 0 Å². The number of nitrogens with zero attached hydrogens (tertiary/aromatic N) is 1. The van der Waals surface area contributed by atoms with Crippen molar-refractivity contribution in [3.8, 4) is 11.8 Å². The van der Waals surface area contributed by atoms with Crippen molar-refractivity contribution >= 4 is 10.0 Å². The Morgan fingerprint density at radius 2 is 1.86 bits per heavy atom. The van der Waals surface area contributed by atoms with Gasteiger partial charge in [0.2, 0.25) is 10.0 Å². The third kappa shape index (κ3) is 3.82. The Kier molecular flexibility index (Phi) is 5.34. The molecule has 0 radical (unpaired) electrons. The molecule has 1 fully saturated rings. The van der Waals surface area contributed by atoms with Crippen molar-refractivity contribution in [3.63, 3.8) is 0 Å². The number of benzene rings is 1. The van der Waals surface area contributed by atoms with Crippen LogP contribution in [0, 0.1) is 17.7 Å². The topological polar surface area (TPSA) is 63.4 Å². The van der Waals surface area contributed by atoms with Crippen LogP contribution in [0.1, 0.15) is 31.2 Å². The van der Waals surface area contributed by atoms with Gasteiger partial charge in [-0.25, -0.2) is 12.8 Å². The molecule has 1 heterocycles. The summed E-state index contributed by atoms with van der Waals surface area (Å²) in [5.74, 6) is 4.73. The third-order valence-electron chi connectivity index (χ3n) is 3.45. The zero-order valence-corrected chi connectivity index (χ0v) is 12.6. The molecule has 1 aliphatic rings. The highest BCUT2D eigenvalue weighted by Crippen LogP contribution is 2.23. The molecule has 0 aliphatic carbocycles. The SMILES string of the molecule is NCC#Cc1cc(F)ccc1S(=O)(=O)N1CCCCCC1. The number of halogens is 1. The van der Waals surface area contributed by atoms with Gasteiger partial charge in [0.1, 0.15) is 5.82 Å². The van der Waals surface area contributed by atoms with E-state index in [4.69, 9.17) is 5.73 Å². The molecule has 0 spiro atoms. The Morgan fingerprint density at radius 3 is 2.48 bits per heavy atom. The Balaban J connectivity index is 2.43. The molecule has 0 unspecified atom stereocenters. The zero-order chi connectivity index (χ0) is 15.3. The minimum absolute atomic E-state index is 0.0618. The maximum atomic E-state index is 13.4. The number of nitrogens with two attached hydrogens (primary N) is 1. The van der Waals surface area contributed by atoms with Crippen molar-refractivity contribution in [3.05, 3.63) is 29.6 Å². The molecule has 0 saturated carbocycles. The first-order valence-corrected chi connectivity index (χ1v) is 8.48. The third-order valence-corrected chi connectivity index (χ3v) is 5.41. The average Bonchev–Trinajstić information content (AvgIpc) is 2.74. The van der Waals surface area contributed by atoms with Crippen molar-refractivity contribution < 1.29 is 12.8 Å². The van der Waals surface area contributed by atoms with Gasteiger partial charge in [-0.2, -0.15) is 4.31 Å². The van der Waals surface area contributed by atoms with E-state index in [-0.39, 0.29) is 17.0 Å². The summed E-state index contributed by atoms with van der Waals surface area (Å²) < 4.78 is 40.3. The lowest BCUT2D eigenvalue weighted by Gasteiger charge is -2.20. The molecule has 0 amide bonds.